The molecule has 0 bridgehead atoms. The topological polar surface area (TPSA) is 40.5 Å². The Hall–Kier alpha value is -1.44. The van der Waals surface area contributed by atoms with E-state index in [1.54, 1.807) is 18.2 Å². The number of benzene rings is 1. The molecule has 0 aromatic heterocycles. The molecule has 2 nitrogen and oxygen atoms in total. The SMILES string of the molecule is C=C1CC[C@H]2C(C)(C)CCC[C@]2(C)[C@H]1Cc1cc(O)ccc1O. The van der Waals surface area contributed by atoms with E-state index in [0.717, 1.165) is 18.4 Å². The molecular weight excluding hydrogens is 284 g/mol. The molecule has 126 valence electrons. The van der Waals surface area contributed by atoms with Gasteiger partial charge in [-0.25, -0.2) is 0 Å². The van der Waals surface area contributed by atoms with Crippen LogP contribution >= 0.6 is 0 Å². The molecule has 0 amide bonds. The van der Waals surface area contributed by atoms with Gasteiger partial charge in [0, 0.05) is 0 Å². The van der Waals surface area contributed by atoms with Crippen molar-refractivity contribution in [2.24, 2.45) is 22.7 Å². The molecule has 0 radical (unpaired) electrons. The van der Waals surface area contributed by atoms with Gasteiger partial charge in [-0.05, 0) is 78.5 Å². The first-order valence-corrected chi connectivity index (χ1v) is 8.92. The monoisotopic (exact) mass is 314 g/mol. The van der Waals surface area contributed by atoms with Crippen molar-refractivity contribution in [2.45, 2.75) is 59.3 Å². The Morgan fingerprint density at radius 3 is 2.65 bits per heavy atom. The maximum Gasteiger partial charge on any atom is 0.119 e. The molecule has 1 aromatic rings. The molecular formula is C21H30O2. The third-order valence-corrected chi connectivity index (χ3v) is 6.81. The smallest absolute Gasteiger partial charge is 0.119 e. The molecule has 3 rings (SSSR count). The molecule has 3 atom stereocenters. The van der Waals surface area contributed by atoms with Crippen LogP contribution in [0.15, 0.2) is 30.4 Å². The Bertz CT molecular complexity index is 616. The van der Waals surface area contributed by atoms with E-state index in [1.807, 2.05) is 0 Å². The lowest BCUT2D eigenvalue weighted by molar-refractivity contribution is -0.0518. The first-order valence-electron chi connectivity index (χ1n) is 8.92. The van der Waals surface area contributed by atoms with Gasteiger partial charge >= 0.3 is 0 Å². The van der Waals surface area contributed by atoms with E-state index >= 15 is 0 Å². The highest BCUT2D eigenvalue weighted by Crippen LogP contribution is 2.61. The lowest BCUT2D eigenvalue weighted by atomic mass is 9.47. The van der Waals surface area contributed by atoms with Crippen molar-refractivity contribution in [3.8, 4) is 11.5 Å². The second-order valence-electron chi connectivity index (χ2n) is 8.67. The molecule has 0 unspecified atom stereocenters. The zero-order valence-corrected chi connectivity index (χ0v) is 14.7. The van der Waals surface area contributed by atoms with Gasteiger partial charge < -0.3 is 10.2 Å². The number of fused-ring (bicyclic) bond motifs is 1. The highest BCUT2D eigenvalue weighted by molar-refractivity contribution is 5.40. The molecule has 0 heterocycles. The Balaban J connectivity index is 1.95. The maximum atomic E-state index is 10.2. The molecule has 2 heteroatoms. The van der Waals surface area contributed by atoms with E-state index < -0.39 is 0 Å². The number of phenols is 2. The molecule has 2 N–H and O–H groups in total. The van der Waals surface area contributed by atoms with Crippen molar-refractivity contribution in [2.75, 3.05) is 0 Å². The fraction of sp³-hybridized carbons (Fsp3) is 0.619. The zero-order valence-electron chi connectivity index (χ0n) is 14.7. The molecule has 0 spiro atoms. The predicted molar refractivity (Wildman–Crippen MR) is 94.6 cm³/mol. The van der Waals surface area contributed by atoms with E-state index in [4.69, 9.17) is 0 Å². The summed E-state index contributed by atoms with van der Waals surface area (Å²) in [4.78, 5) is 0. The molecule has 0 aliphatic heterocycles. The highest BCUT2D eigenvalue weighted by atomic mass is 16.3. The van der Waals surface area contributed by atoms with Crippen LogP contribution in [0.3, 0.4) is 0 Å². The maximum absolute atomic E-state index is 10.2. The quantitative estimate of drug-likeness (QED) is 0.564. The number of rotatable bonds is 2. The van der Waals surface area contributed by atoms with Crippen LogP contribution in [0, 0.1) is 22.7 Å². The zero-order chi connectivity index (χ0) is 16.8. The molecule has 1 aromatic carbocycles. The summed E-state index contributed by atoms with van der Waals surface area (Å²) >= 11 is 0. The number of aromatic hydroxyl groups is 2. The van der Waals surface area contributed by atoms with Gasteiger partial charge in [0.1, 0.15) is 11.5 Å². The standard InChI is InChI=1S/C21H30O2/c1-14-6-9-19-20(2,3)10-5-11-21(19,4)17(14)13-15-12-16(22)7-8-18(15)23/h7-8,12,17,19,22-23H,1,5-6,9-11,13H2,2-4H3/t17-,19-,21+/m0/s1. The molecule has 0 saturated heterocycles. The van der Waals surface area contributed by atoms with Crippen molar-refractivity contribution in [1.29, 1.82) is 0 Å². The van der Waals surface area contributed by atoms with Crippen LogP contribution in [0.5, 0.6) is 11.5 Å². The van der Waals surface area contributed by atoms with Crippen LogP contribution in [0.4, 0.5) is 0 Å². The van der Waals surface area contributed by atoms with Gasteiger partial charge in [-0.15, -0.1) is 0 Å². The molecule has 2 fully saturated rings. The fourth-order valence-electron chi connectivity index (χ4n) is 5.61. The van der Waals surface area contributed by atoms with Crippen LogP contribution in [0.1, 0.15) is 58.4 Å². The van der Waals surface area contributed by atoms with Crippen LogP contribution in [-0.2, 0) is 6.42 Å². The van der Waals surface area contributed by atoms with Gasteiger partial charge in [0.2, 0.25) is 0 Å². The number of phenolic OH excluding ortho intramolecular Hbond substituents is 2. The van der Waals surface area contributed by atoms with Gasteiger partial charge in [0.05, 0.1) is 0 Å². The van der Waals surface area contributed by atoms with Crippen molar-refractivity contribution in [3.63, 3.8) is 0 Å². The summed E-state index contributed by atoms with van der Waals surface area (Å²) in [5.74, 6) is 1.61. The molecule has 2 aliphatic rings. The normalized spacial score (nSPS) is 33.3. The Labute approximate surface area is 140 Å². The second-order valence-corrected chi connectivity index (χ2v) is 8.67. The second kappa shape index (κ2) is 5.58. The van der Waals surface area contributed by atoms with Crippen LogP contribution in [0.25, 0.3) is 0 Å². The van der Waals surface area contributed by atoms with Gasteiger partial charge in [0.15, 0.2) is 0 Å². The first kappa shape index (κ1) is 16.4. The summed E-state index contributed by atoms with van der Waals surface area (Å²) in [5, 5.41) is 20.0. The average Bonchev–Trinajstić information content (AvgIpc) is 2.45. The minimum absolute atomic E-state index is 0.227. The van der Waals surface area contributed by atoms with E-state index in [0.29, 0.717) is 17.3 Å². The van der Waals surface area contributed by atoms with Crippen molar-refractivity contribution in [3.05, 3.63) is 35.9 Å². The summed E-state index contributed by atoms with van der Waals surface area (Å²) in [6.07, 6.45) is 6.94. The summed E-state index contributed by atoms with van der Waals surface area (Å²) in [6.45, 7) is 11.7. The number of hydrogen-bond donors (Lipinski definition) is 2. The lowest BCUT2D eigenvalue weighted by Gasteiger charge is -2.58. The van der Waals surface area contributed by atoms with E-state index in [9.17, 15) is 10.2 Å². The van der Waals surface area contributed by atoms with Gasteiger partial charge in [0.25, 0.3) is 0 Å². The summed E-state index contributed by atoms with van der Waals surface area (Å²) in [6, 6.07) is 4.85. The fourth-order valence-corrected chi connectivity index (χ4v) is 5.61. The molecule has 2 saturated carbocycles. The minimum atomic E-state index is 0.227. The van der Waals surface area contributed by atoms with Crippen molar-refractivity contribution < 1.29 is 10.2 Å². The Morgan fingerprint density at radius 2 is 1.91 bits per heavy atom. The van der Waals surface area contributed by atoms with Crippen molar-refractivity contribution in [1.82, 2.24) is 0 Å². The highest BCUT2D eigenvalue weighted by Gasteiger charge is 2.52. The minimum Gasteiger partial charge on any atom is -0.508 e. The van der Waals surface area contributed by atoms with E-state index in [-0.39, 0.29) is 16.9 Å². The van der Waals surface area contributed by atoms with Crippen LogP contribution in [-0.4, -0.2) is 10.2 Å². The summed E-state index contributed by atoms with van der Waals surface area (Å²) in [7, 11) is 0. The largest absolute Gasteiger partial charge is 0.508 e. The summed E-state index contributed by atoms with van der Waals surface area (Å²) < 4.78 is 0. The third kappa shape index (κ3) is 2.77. The molecule has 23 heavy (non-hydrogen) atoms. The van der Waals surface area contributed by atoms with E-state index in [2.05, 4.69) is 27.4 Å². The van der Waals surface area contributed by atoms with Crippen molar-refractivity contribution >= 4 is 0 Å². The predicted octanol–water partition coefficient (Wildman–Crippen LogP) is 5.44. The molecule has 2 aliphatic carbocycles. The van der Waals surface area contributed by atoms with Gasteiger partial charge in [-0.3, -0.25) is 0 Å². The first-order chi connectivity index (χ1) is 10.7. The van der Waals surface area contributed by atoms with Gasteiger partial charge in [-0.1, -0.05) is 39.3 Å². The third-order valence-electron chi connectivity index (χ3n) is 6.81. The number of allylic oxidation sites excluding steroid dienone is 1. The van der Waals surface area contributed by atoms with E-state index in [1.165, 1.54) is 31.3 Å². The Kier molecular flexibility index (Phi) is 3.98. The lowest BCUT2D eigenvalue weighted by Crippen LogP contribution is -2.50. The summed E-state index contributed by atoms with van der Waals surface area (Å²) in [5.41, 5.74) is 2.80. The van der Waals surface area contributed by atoms with Gasteiger partial charge in [-0.2, -0.15) is 0 Å². The number of hydrogen-bond acceptors (Lipinski definition) is 2. The van der Waals surface area contributed by atoms with Crippen LogP contribution < -0.4 is 0 Å². The van der Waals surface area contributed by atoms with Crippen LogP contribution in [0.2, 0.25) is 0 Å². The average molecular weight is 314 g/mol. The Morgan fingerprint density at radius 1 is 1.17 bits per heavy atom.